The predicted octanol–water partition coefficient (Wildman–Crippen LogP) is 3.28. The monoisotopic (exact) mass is 319 g/mol. The van der Waals surface area contributed by atoms with Crippen molar-refractivity contribution in [1.82, 2.24) is 10.9 Å². The fraction of sp³-hybridized carbons (Fsp3) is 0.0667. The molecule has 0 atom stereocenters. The Morgan fingerprint density at radius 2 is 1.76 bits per heavy atom. The number of hydrogen-bond acceptors (Lipinski definition) is 2. The summed E-state index contributed by atoms with van der Waals surface area (Å²) in [5.74, 6) is -0.262. The number of halogens is 1. The zero-order chi connectivity index (χ0) is 15.2. The van der Waals surface area contributed by atoms with Gasteiger partial charge in [-0.2, -0.15) is 0 Å². The normalized spacial score (nSPS) is 9.81. The number of hydrogen-bond donors (Lipinski definition) is 3. The van der Waals surface area contributed by atoms with E-state index in [2.05, 4.69) is 16.2 Å². The minimum atomic E-state index is -0.262. The van der Waals surface area contributed by atoms with Gasteiger partial charge < -0.3 is 5.32 Å². The minimum absolute atomic E-state index is 0.262. The van der Waals surface area contributed by atoms with Gasteiger partial charge >= 0.3 is 0 Å². The fourth-order valence-electron chi connectivity index (χ4n) is 1.67. The fourth-order valence-corrected chi connectivity index (χ4v) is 2.01. The van der Waals surface area contributed by atoms with E-state index in [0.29, 0.717) is 10.6 Å². The third-order valence-electron chi connectivity index (χ3n) is 2.84. The van der Waals surface area contributed by atoms with Gasteiger partial charge in [0.1, 0.15) is 0 Å². The largest absolute Gasteiger partial charge is 0.331 e. The second kappa shape index (κ2) is 7.06. The summed E-state index contributed by atoms with van der Waals surface area (Å²) in [6, 6.07) is 14.3. The predicted molar refractivity (Wildman–Crippen MR) is 89.5 cm³/mol. The van der Waals surface area contributed by atoms with Gasteiger partial charge in [0.05, 0.1) is 0 Å². The Labute approximate surface area is 133 Å². The molecular formula is C15H14ClN3OS. The van der Waals surface area contributed by atoms with Crippen LogP contribution in [0.5, 0.6) is 0 Å². The molecule has 0 fully saturated rings. The SMILES string of the molecule is Cc1c(Cl)cccc1NC(=S)NNC(=O)c1ccccc1. The Bertz CT molecular complexity index is 661. The van der Waals surface area contributed by atoms with Crippen molar-refractivity contribution in [3.8, 4) is 0 Å². The Hall–Kier alpha value is -2.11. The van der Waals surface area contributed by atoms with Crippen LogP contribution in [0.2, 0.25) is 5.02 Å². The van der Waals surface area contributed by atoms with E-state index in [0.717, 1.165) is 11.3 Å². The number of carbonyl (C=O) groups excluding carboxylic acids is 1. The van der Waals surface area contributed by atoms with Crippen molar-refractivity contribution in [2.45, 2.75) is 6.92 Å². The van der Waals surface area contributed by atoms with Crippen molar-refractivity contribution >= 4 is 40.5 Å². The van der Waals surface area contributed by atoms with Crippen molar-refractivity contribution in [2.75, 3.05) is 5.32 Å². The molecule has 0 radical (unpaired) electrons. The lowest BCUT2D eigenvalue weighted by atomic mass is 10.2. The van der Waals surface area contributed by atoms with Crippen LogP contribution in [0.25, 0.3) is 0 Å². The van der Waals surface area contributed by atoms with Crippen LogP contribution in [0.1, 0.15) is 15.9 Å². The van der Waals surface area contributed by atoms with Crippen molar-refractivity contribution < 1.29 is 4.79 Å². The van der Waals surface area contributed by atoms with E-state index in [1.54, 1.807) is 30.3 Å². The van der Waals surface area contributed by atoms with Gasteiger partial charge in [-0.1, -0.05) is 35.9 Å². The number of rotatable bonds is 2. The summed E-state index contributed by atoms with van der Waals surface area (Å²) in [7, 11) is 0. The molecule has 6 heteroatoms. The van der Waals surface area contributed by atoms with Gasteiger partial charge in [-0.05, 0) is 49.0 Å². The molecule has 0 aliphatic carbocycles. The number of carbonyl (C=O) groups is 1. The lowest BCUT2D eigenvalue weighted by Gasteiger charge is -2.13. The summed E-state index contributed by atoms with van der Waals surface area (Å²) >= 11 is 11.2. The van der Waals surface area contributed by atoms with E-state index < -0.39 is 0 Å². The summed E-state index contributed by atoms with van der Waals surface area (Å²) in [6.07, 6.45) is 0. The second-order valence-electron chi connectivity index (χ2n) is 4.31. The van der Waals surface area contributed by atoms with Crippen LogP contribution in [0.3, 0.4) is 0 Å². The van der Waals surface area contributed by atoms with E-state index >= 15 is 0 Å². The first-order valence-electron chi connectivity index (χ1n) is 6.25. The minimum Gasteiger partial charge on any atom is -0.331 e. The molecule has 0 aliphatic heterocycles. The van der Waals surface area contributed by atoms with Crippen LogP contribution in [0.4, 0.5) is 5.69 Å². The molecule has 0 unspecified atom stereocenters. The molecule has 0 aliphatic rings. The number of hydrazine groups is 1. The smallest absolute Gasteiger partial charge is 0.269 e. The maximum atomic E-state index is 11.8. The summed E-state index contributed by atoms with van der Waals surface area (Å²) in [5, 5.41) is 3.91. The van der Waals surface area contributed by atoms with E-state index in [1.807, 2.05) is 25.1 Å². The number of nitrogens with one attached hydrogen (secondary N) is 3. The van der Waals surface area contributed by atoms with E-state index in [-0.39, 0.29) is 11.0 Å². The van der Waals surface area contributed by atoms with Gasteiger partial charge in [-0.15, -0.1) is 0 Å². The van der Waals surface area contributed by atoms with Gasteiger partial charge in [0.25, 0.3) is 5.91 Å². The molecule has 21 heavy (non-hydrogen) atoms. The molecule has 0 bridgehead atoms. The van der Waals surface area contributed by atoms with Gasteiger partial charge in [-0.3, -0.25) is 15.6 Å². The number of amides is 1. The molecule has 3 N–H and O–H groups in total. The first-order valence-corrected chi connectivity index (χ1v) is 7.04. The highest BCUT2D eigenvalue weighted by molar-refractivity contribution is 7.80. The van der Waals surface area contributed by atoms with Crippen LogP contribution >= 0.6 is 23.8 Å². The first kappa shape index (κ1) is 15.3. The Kier molecular flexibility index (Phi) is 5.14. The zero-order valence-corrected chi connectivity index (χ0v) is 12.9. The standard InChI is InChI=1S/C15H14ClN3OS/c1-10-12(16)8-5-9-13(10)17-15(21)19-18-14(20)11-6-3-2-4-7-11/h2-9H,1H3,(H,18,20)(H2,17,19,21). The van der Waals surface area contributed by atoms with Crippen molar-refractivity contribution in [3.05, 3.63) is 64.7 Å². The number of thiocarbonyl (C=S) groups is 1. The molecule has 108 valence electrons. The molecule has 4 nitrogen and oxygen atoms in total. The van der Waals surface area contributed by atoms with E-state index in [4.69, 9.17) is 23.8 Å². The average Bonchev–Trinajstić information content (AvgIpc) is 2.50. The van der Waals surface area contributed by atoms with Crippen molar-refractivity contribution in [1.29, 1.82) is 0 Å². The molecule has 0 saturated carbocycles. The van der Waals surface area contributed by atoms with Gasteiger partial charge in [0, 0.05) is 16.3 Å². The molecule has 2 aromatic carbocycles. The van der Waals surface area contributed by atoms with Crippen LogP contribution in [0, 0.1) is 6.92 Å². The lowest BCUT2D eigenvalue weighted by Crippen LogP contribution is -2.43. The first-order chi connectivity index (χ1) is 10.1. The highest BCUT2D eigenvalue weighted by Crippen LogP contribution is 2.22. The van der Waals surface area contributed by atoms with Gasteiger partial charge in [0.2, 0.25) is 0 Å². The summed E-state index contributed by atoms with van der Waals surface area (Å²) in [6.45, 7) is 1.88. The zero-order valence-electron chi connectivity index (χ0n) is 11.3. The summed E-state index contributed by atoms with van der Waals surface area (Å²) < 4.78 is 0. The number of anilines is 1. The van der Waals surface area contributed by atoms with E-state index in [1.165, 1.54) is 0 Å². The third kappa shape index (κ3) is 4.18. The van der Waals surface area contributed by atoms with Crippen LogP contribution in [0.15, 0.2) is 48.5 Å². The van der Waals surface area contributed by atoms with Crippen molar-refractivity contribution in [2.24, 2.45) is 0 Å². The van der Waals surface area contributed by atoms with Gasteiger partial charge in [0.15, 0.2) is 5.11 Å². The van der Waals surface area contributed by atoms with Crippen LogP contribution in [-0.2, 0) is 0 Å². The molecular weight excluding hydrogens is 306 g/mol. The quantitative estimate of drug-likeness (QED) is 0.587. The average molecular weight is 320 g/mol. The van der Waals surface area contributed by atoms with Crippen molar-refractivity contribution in [3.63, 3.8) is 0 Å². The Morgan fingerprint density at radius 3 is 2.48 bits per heavy atom. The maximum Gasteiger partial charge on any atom is 0.269 e. The topological polar surface area (TPSA) is 53.2 Å². The van der Waals surface area contributed by atoms with E-state index in [9.17, 15) is 4.79 Å². The highest BCUT2D eigenvalue weighted by Gasteiger charge is 2.06. The molecule has 0 heterocycles. The second-order valence-corrected chi connectivity index (χ2v) is 5.13. The highest BCUT2D eigenvalue weighted by atomic mass is 35.5. The lowest BCUT2D eigenvalue weighted by molar-refractivity contribution is 0.0944. The maximum absolute atomic E-state index is 11.8. The molecule has 0 aromatic heterocycles. The third-order valence-corrected chi connectivity index (χ3v) is 3.46. The van der Waals surface area contributed by atoms with Crippen LogP contribution in [-0.4, -0.2) is 11.0 Å². The molecule has 2 aromatic rings. The Morgan fingerprint density at radius 1 is 1.05 bits per heavy atom. The molecule has 1 amide bonds. The van der Waals surface area contributed by atoms with Gasteiger partial charge in [-0.25, -0.2) is 0 Å². The molecule has 0 spiro atoms. The molecule has 2 rings (SSSR count). The van der Waals surface area contributed by atoms with Crippen LogP contribution < -0.4 is 16.2 Å². The summed E-state index contributed by atoms with van der Waals surface area (Å²) in [4.78, 5) is 11.8. The number of benzene rings is 2. The Balaban J connectivity index is 1.91. The summed E-state index contributed by atoms with van der Waals surface area (Å²) in [5.41, 5.74) is 7.40. The molecule has 0 saturated heterocycles.